The van der Waals surface area contributed by atoms with Gasteiger partial charge in [0.15, 0.2) is 0 Å². The Morgan fingerprint density at radius 1 is 1.45 bits per heavy atom. The van der Waals surface area contributed by atoms with Crippen molar-refractivity contribution in [2.75, 3.05) is 18.5 Å². The van der Waals surface area contributed by atoms with E-state index in [0.29, 0.717) is 25.9 Å². The number of carbonyl (C=O) groups excluding carboxylic acids is 2. The standard InChI is InChI=1S/C15H21N3O2/c1-11-15(20)18(9-5-8-14(19)16-2)13-7-4-3-6-12(13)10-17-11/h3-4,6-7,11,17H,5,8-10H2,1-2H3,(H,16,19). The monoisotopic (exact) mass is 275 g/mol. The molecule has 108 valence electrons. The highest BCUT2D eigenvalue weighted by molar-refractivity contribution is 5.98. The summed E-state index contributed by atoms with van der Waals surface area (Å²) in [6.07, 6.45) is 1.09. The van der Waals surface area contributed by atoms with Crippen LogP contribution in [0.2, 0.25) is 0 Å². The number of benzene rings is 1. The van der Waals surface area contributed by atoms with Gasteiger partial charge in [0.25, 0.3) is 0 Å². The van der Waals surface area contributed by atoms with Crippen LogP contribution in [0.4, 0.5) is 5.69 Å². The minimum Gasteiger partial charge on any atom is -0.359 e. The molecule has 1 aliphatic heterocycles. The van der Waals surface area contributed by atoms with Crippen molar-refractivity contribution in [3.8, 4) is 0 Å². The van der Waals surface area contributed by atoms with Crippen LogP contribution in [-0.2, 0) is 16.1 Å². The van der Waals surface area contributed by atoms with Crippen LogP contribution in [-0.4, -0.2) is 31.4 Å². The molecule has 5 heteroatoms. The van der Waals surface area contributed by atoms with Gasteiger partial charge in [0, 0.05) is 32.2 Å². The van der Waals surface area contributed by atoms with Gasteiger partial charge in [-0.25, -0.2) is 0 Å². The molecule has 5 nitrogen and oxygen atoms in total. The average Bonchev–Trinajstić information content (AvgIpc) is 2.59. The maximum absolute atomic E-state index is 12.4. The Bertz CT molecular complexity index is 502. The Labute approximate surface area is 119 Å². The summed E-state index contributed by atoms with van der Waals surface area (Å²) in [4.78, 5) is 25.5. The van der Waals surface area contributed by atoms with E-state index >= 15 is 0 Å². The second kappa shape index (κ2) is 6.52. The lowest BCUT2D eigenvalue weighted by Gasteiger charge is -2.24. The topological polar surface area (TPSA) is 61.4 Å². The summed E-state index contributed by atoms with van der Waals surface area (Å²) in [6.45, 7) is 3.13. The van der Waals surface area contributed by atoms with Gasteiger partial charge in [-0.3, -0.25) is 9.59 Å². The summed E-state index contributed by atoms with van der Waals surface area (Å²) >= 11 is 0. The molecule has 1 unspecified atom stereocenters. The molecule has 0 aliphatic carbocycles. The van der Waals surface area contributed by atoms with E-state index in [1.165, 1.54) is 0 Å². The summed E-state index contributed by atoms with van der Waals surface area (Å²) in [5.74, 6) is 0.0681. The number of fused-ring (bicyclic) bond motifs is 1. The lowest BCUT2D eigenvalue weighted by Crippen LogP contribution is -2.43. The minimum atomic E-state index is -0.206. The van der Waals surface area contributed by atoms with Crippen molar-refractivity contribution in [3.05, 3.63) is 29.8 Å². The molecule has 0 radical (unpaired) electrons. The number of hydrogen-bond donors (Lipinski definition) is 2. The molecular weight excluding hydrogens is 254 g/mol. The molecule has 1 heterocycles. The van der Waals surface area contributed by atoms with Gasteiger partial charge in [-0.2, -0.15) is 0 Å². The molecule has 0 saturated heterocycles. The fourth-order valence-electron chi connectivity index (χ4n) is 2.38. The van der Waals surface area contributed by atoms with Gasteiger partial charge in [0.2, 0.25) is 11.8 Å². The zero-order chi connectivity index (χ0) is 14.5. The zero-order valence-corrected chi connectivity index (χ0v) is 12.0. The molecule has 20 heavy (non-hydrogen) atoms. The number of carbonyl (C=O) groups is 2. The van der Waals surface area contributed by atoms with Gasteiger partial charge < -0.3 is 15.5 Å². The van der Waals surface area contributed by atoms with Crippen molar-refractivity contribution in [1.82, 2.24) is 10.6 Å². The highest BCUT2D eigenvalue weighted by atomic mass is 16.2. The number of nitrogens with zero attached hydrogens (tertiary/aromatic N) is 1. The van der Waals surface area contributed by atoms with Gasteiger partial charge in [0.1, 0.15) is 0 Å². The molecule has 1 aromatic carbocycles. The molecule has 0 bridgehead atoms. The Kier molecular flexibility index (Phi) is 4.74. The maximum Gasteiger partial charge on any atom is 0.243 e. The Hall–Kier alpha value is -1.88. The van der Waals surface area contributed by atoms with Gasteiger partial charge >= 0.3 is 0 Å². The highest BCUT2D eigenvalue weighted by Gasteiger charge is 2.26. The molecule has 1 aromatic rings. The van der Waals surface area contributed by atoms with E-state index in [1.807, 2.05) is 31.2 Å². The maximum atomic E-state index is 12.4. The molecule has 0 spiro atoms. The van der Waals surface area contributed by atoms with Crippen LogP contribution < -0.4 is 15.5 Å². The number of nitrogens with one attached hydrogen (secondary N) is 2. The number of para-hydroxylation sites is 1. The lowest BCUT2D eigenvalue weighted by atomic mass is 10.1. The number of anilines is 1. The predicted molar refractivity (Wildman–Crippen MR) is 78.4 cm³/mol. The Morgan fingerprint density at radius 3 is 2.95 bits per heavy atom. The molecule has 1 atom stereocenters. The van der Waals surface area contributed by atoms with Crippen molar-refractivity contribution in [2.24, 2.45) is 0 Å². The van der Waals surface area contributed by atoms with E-state index in [9.17, 15) is 9.59 Å². The van der Waals surface area contributed by atoms with Crippen LogP contribution in [0.5, 0.6) is 0 Å². The van der Waals surface area contributed by atoms with E-state index < -0.39 is 0 Å². The second-order valence-corrected chi connectivity index (χ2v) is 5.00. The second-order valence-electron chi connectivity index (χ2n) is 5.00. The molecule has 2 amide bonds. The molecule has 0 aromatic heterocycles. The van der Waals surface area contributed by atoms with Crippen LogP contribution in [0, 0.1) is 0 Å². The minimum absolute atomic E-state index is 0.00623. The third-order valence-corrected chi connectivity index (χ3v) is 3.58. The van der Waals surface area contributed by atoms with Crippen molar-refractivity contribution in [3.63, 3.8) is 0 Å². The zero-order valence-electron chi connectivity index (χ0n) is 12.0. The normalized spacial score (nSPS) is 18.4. The van der Waals surface area contributed by atoms with Gasteiger partial charge in [-0.1, -0.05) is 18.2 Å². The summed E-state index contributed by atoms with van der Waals surface area (Å²) in [7, 11) is 1.63. The van der Waals surface area contributed by atoms with Gasteiger partial charge in [0.05, 0.1) is 6.04 Å². The summed E-state index contributed by atoms with van der Waals surface area (Å²) in [5.41, 5.74) is 2.07. The fraction of sp³-hybridized carbons (Fsp3) is 0.467. The predicted octanol–water partition coefficient (Wildman–Crippen LogP) is 1.04. The van der Waals surface area contributed by atoms with Crippen molar-refractivity contribution in [1.29, 1.82) is 0 Å². The van der Waals surface area contributed by atoms with Crippen molar-refractivity contribution < 1.29 is 9.59 Å². The van der Waals surface area contributed by atoms with E-state index in [0.717, 1.165) is 11.3 Å². The number of amides is 2. The summed E-state index contributed by atoms with van der Waals surface area (Å²) in [6, 6.07) is 7.70. The van der Waals surface area contributed by atoms with Crippen molar-refractivity contribution in [2.45, 2.75) is 32.4 Å². The third-order valence-electron chi connectivity index (χ3n) is 3.58. The van der Waals surface area contributed by atoms with Crippen LogP contribution in [0.1, 0.15) is 25.3 Å². The number of hydrogen-bond acceptors (Lipinski definition) is 3. The van der Waals surface area contributed by atoms with Gasteiger partial charge in [-0.15, -0.1) is 0 Å². The largest absolute Gasteiger partial charge is 0.359 e. The van der Waals surface area contributed by atoms with Crippen LogP contribution in [0.15, 0.2) is 24.3 Å². The molecule has 2 N–H and O–H groups in total. The summed E-state index contributed by atoms with van der Waals surface area (Å²) in [5, 5.41) is 5.82. The quantitative estimate of drug-likeness (QED) is 0.863. The van der Waals surface area contributed by atoms with E-state index in [2.05, 4.69) is 10.6 Å². The van der Waals surface area contributed by atoms with E-state index in [1.54, 1.807) is 11.9 Å². The van der Waals surface area contributed by atoms with Crippen LogP contribution in [0.3, 0.4) is 0 Å². The first-order valence-electron chi connectivity index (χ1n) is 6.96. The first-order chi connectivity index (χ1) is 9.63. The van der Waals surface area contributed by atoms with E-state index in [-0.39, 0.29) is 17.9 Å². The molecule has 1 aliphatic rings. The van der Waals surface area contributed by atoms with Crippen LogP contribution >= 0.6 is 0 Å². The average molecular weight is 275 g/mol. The first kappa shape index (κ1) is 14.5. The number of rotatable bonds is 4. The Balaban J connectivity index is 2.14. The molecule has 0 saturated carbocycles. The third kappa shape index (κ3) is 3.17. The Morgan fingerprint density at radius 2 is 2.20 bits per heavy atom. The van der Waals surface area contributed by atoms with Crippen molar-refractivity contribution >= 4 is 17.5 Å². The smallest absolute Gasteiger partial charge is 0.243 e. The van der Waals surface area contributed by atoms with Crippen LogP contribution in [0.25, 0.3) is 0 Å². The molecule has 0 fully saturated rings. The van der Waals surface area contributed by atoms with Gasteiger partial charge in [-0.05, 0) is 25.0 Å². The highest BCUT2D eigenvalue weighted by Crippen LogP contribution is 2.24. The summed E-state index contributed by atoms with van der Waals surface area (Å²) < 4.78 is 0. The molecular formula is C15H21N3O2. The molecule has 2 rings (SSSR count). The fourth-order valence-corrected chi connectivity index (χ4v) is 2.38. The lowest BCUT2D eigenvalue weighted by molar-refractivity contribution is -0.122. The first-order valence-corrected chi connectivity index (χ1v) is 6.96. The SMILES string of the molecule is CNC(=O)CCCN1C(=O)C(C)NCc2ccccc21. The van der Waals surface area contributed by atoms with E-state index in [4.69, 9.17) is 0 Å².